The molecule has 2 unspecified atom stereocenters. The molecule has 5 nitrogen and oxygen atoms in total. The topological polar surface area (TPSA) is 63.2 Å². The van der Waals surface area contributed by atoms with Gasteiger partial charge in [0.05, 0.1) is 24.8 Å². The third-order valence-electron chi connectivity index (χ3n) is 3.18. The molecule has 2 atom stereocenters. The lowest BCUT2D eigenvalue weighted by Gasteiger charge is -2.17. The predicted molar refractivity (Wildman–Crippen MR) is 74.8 cm³/mol. The second-order valence-corrected chi connectivity index (χ2v) is 5.20. The van der Waals surface area contributed by atoms with E-state index in [1.807, 2.05) is 14.0 Å². The van der Waals surface area contributed by atoms with Crippen LogP contribution in [0.2, 0.25) is 10.3 Å². The summed E-state index contributed by atoms with van der Waals surface area (Å²) < 4.78 is 5.31. The Morgan fingerprint density at radius 2 is 2.21 bits per heavy atom. The summed E-state index contributed by atoms with van der Waals surface area (Å²) in [4.78, 5) is 16.1. The molecule has 1 aliphatic heterocycles. The number of pyridine rings is 1. The molecule has 7 heteroatoms. The van der Waals surface area contributed by atoms with Crippen molar-refractivity contribution >= 4 is 34.8 Å². The molecule has 2 N–H and O–H groups in total. The van der Waals surface area contributed by atoms with E-state index in [2.05, 4.69) is 15.6 Å². The van der Waals surface area contributed by atoms with Crippen LogP contribution >= 0.6 is 23.2 Å². The van der Waals surface area contributed by atoms with Crippen LogP contribution in [0, 0.1) is 12.8 Å². The van der Waals surface area contributed by atoms with Crippen LogP contribution in [0.4, 0.5) is 5.69 Å². The maximum Gasteiger partial charge on any atom is 0.231 e. The van der Waals surface area contributed by atoms with Gasteiger partial charge in [0.15, 0.2) is 5.15 Å². The number of nitrogens with zero attached hydrogens (tertiary/aromatic N) is 1. The number of aryl methyl sites for hydroxylation is 1. The van der Waals surface area contributed by atoms with Crippen molar-refractivity contribution in [3.63, 3.8) is 0 Å². The number of amides is 1. The average molecular weight is 304 g/mol. The number of likely N-dealkylation sites (N-methyl/N-ethyl adjacent to an activating group) is 1. The Hall–Kier alpha value is -0.880. The number of carbonyl (C=O) groups excluding carboxylic acids is 1. The Balaban J connectivity index is 2.15. The molecule has 19 heavy (non-hydrogen) atoms. The fourth-order valence-electron chi connectivity index (χ4n) is 2.06. The Morgan fingerprint density at radius 1 is 1.47 bits per heavy atom. The lowest BCUT2D eigenvalue weighted by atomic mass is 10.0. The summed E-state index contributed by atoms with van der Waals surface area (Å²) in [6, 6.07) is 1.67. The van der Waals surface area contributed by atoms with Gasteiger partial charge in [-0.3, -0.25) is 4.79 Å². The monoisotopic (exact) mass is 303 g/mol. The van der Waals surface area contributed by atoms with E-state index in [-0.39, 0.29) is 23.0 Å². The summed E-state index contributed by atoms with van der Waals surface area (Å²) in [6.07, 6.45) is 0. The van der Waals surface area contributed by atoms with E-state index in [0.29, 0.717) is 24.1 Å². The molecule has 1 aliphatic rings. The summed E-state index contributed by atoms with van der Waals surface area (Å²) >= 11 is 11.8. The van der Waals surface area contributed by atoms with Gasteiger partial charge in [-0.25, -0.2) is 4.98 Å². The molecule has 0 spiro atoms. The van der Waals surface area contributed by atoms with E-state index in [1.54, 1.807) is 6.07 Å². The average Bonchev–Trinajstić information content (AvgIpc) is 2.81. The van der Waals surface area contributed by atoms with Crippen molar-refractivity contribution in [1.29, 1.82) is 0 Å². The van der Waals surface area contributed by atoms with E-state index in [4.69, 9.17) is 27.9 Å². The number of hydrogen-bond donors (Lipinski definition) is 2. The molecule has 0 bridgehead atoms. The van der Waals surface area contributed by atoms with Crippen molar-refractivity contribution in [2.75, 3.05) is 25.6 Å². The normalized spacial score (nSPS) is 22.5. The molecular formula is C12H15Cl2N3O2. The zero-order valence-electron chi connectivity index (χ0n) is 10.7. The van der Waals surface area contributed by atoms with Crippen molar-refractivity contribution in [3.8, 4) is 0 Å². The fraction of sp³-hybridized carbons (Fsp3) is 0.500. The maximum atomic E-state index is 12.2. The van der Waals surface area contributed by atoms with Gasteiger partial charge in [0.1, 0.15) is 5.15 Å². The van der Waals surface area contributed by atoms with Gasteiger partial charge in [-0.15, -0.1) is 0 Å². The van der Waals surface area contributed by atoms with Gasteiger partial charge in [0, 0.05) is 6.04 Å². The first kappa shape index (κ1) is 14.5. The van der Waals surface area contributed by atoms with Gasteiger partial charge in [-0.2, -0.15) is 0 Å². The van der Waals surface area contributed by atoms with Gasteiger partial charge >= 0.3 is 0 Å². The molecule has 0 radical (unpaired) electrons. The van der Waals surface area contributed by atoms with Crippen molar-refractivity contribution in [3.05, 3.63) is 21.9 Å². The highest BCUT2D eigenvalue weighted by atomic mass is 35.5. The first-order valence-corrected chi connectivity index (χ1v) is 6.67. The molecule has 2 rings (SSSR count). The summed E-state index contributed by atoms with van der Waals surface area (Å²) in [5, 5.41) is 6.36. The van der Waals surface area contributed by atoms with Crippen molar-refractivity contribution in [2.24, 2.45) is 5.92 Å². The molecule has 0 aliphatic carbocycles. The second-order valence-electron chi connectivity index (χ2n) is 4.46. The van der Waals surface area contributed by atoms with Crippen LogP contribution in [0.3, 0.4) is 0 Å². The number of aromatic nitrogens is 1. The Bertz CT molecular complexity index is 473. The number of nitrogens with one attached hydrogen (secondary N) is 2. The fourth-order valence-corrected chi connectivity index (χ4v) is 2.64. The minimum atomic E-state index is -0.240. The minimum Gasteiger partial charge on any atom is -0.379 e. The zero-order valence-corrected chi connectivity index (χ0v) is 12.2. The molecule has 1 saturated heterocycles. The van der Waals surface area contributed by atoms with Crippen LogP contribution < -0.4 is 10.6 Å². The van der Waals surface area contributed by atoms with Crippen molar-refractivity contribution in [2.45, 2.75) is 13.0 Å². The van der Waals surface area contributed by atoms with E-state index in [1.165, 1.54) is 0 Å². The van der Waals surface area contributed by atoms with Crippen LogP contribution in [0.25, 0.3) is 0 Å². The molecule has 0 saturated carbocycles. The predicted octanol–water partition coefficient (Wildman–Crippen LogP) is 1.87. The maximum absolute atomic E-state index is 12.2. The zero-order chi connectivity index (χ0) is 14.0. The van der Waals surface area contributed by atoms with Crippen molar-refractivity contribution in [1.82, 2.24) is 10.3 Å². The van der Waals surface area contributed by atoms with E-state index in [9.17, 15) is 4.79 Å². The van der Waals surface area contributed by atoms with E-state index < -0.39 is 0 Å². The highest BCUT2D eigenvalue weighted by Gasteiger charge is 2.33. The quantitative estimate of drug-likeness (QED) is 0.837. The van der Waals surface area contributed by atoms with Crippen LogP contribution in [-0.2, 0) is 9.53 Å². The molecule has 1 amide bonds. The van der Waals surface area contributed by atoms with Gasteiger partial charge in [-0.05, 0) is 25.6 Å². The largest absolute Gasteiger partial charge is 0.379 e. The Morgan fingerprint density at radius 3 is 2.84 bits per heavy atom. The van der Waals surface area contributed by atoms with Crippen LogP contribution in [0.15, 0.2) is 6.07 Å². The third kappa shape index (κ3) is 3.17. The third-order valence-corrected chi connectivity index (χ3v) is 3.64. The smallest absolute Gasteiger partial charge is 0.231 e. The van der Waals surface area contributed by atoms with Crippen molar-refractivity contribution < 1.29 is 9.53 Å². The Labute approximate surface area is 121 Å². The molecule has 104 valence electrons. The van der Waals surface area contributed by atoms with Crippen LogP contribution in [-0.4, -0.2) is 37.2 Å². The van der Waals surface area contributed by atoms with Gasteiger partial charge < -0.3 is 15.4 Å². The second kappa shape index (κ2) is 6.05. The lowest BCUT2D eigenvalue weighted by Crippen LogP contribution is -2.39. The molecule has 1 aromatic rings. The minimum absolute atomic E-state index is 0.0133. The first-order chi connectivity index (χ1) is 9.02. The summed E-state index contributed by atoms with van der Waals surface area (Å²) in [7, 11) is 1.81. The SMILES string of the molecule is CNC1COCC1C(=O)Nc1c(C)cc(Cl)nc1Cl. The number of halogens is 2. The van der Waals surface area contributed by atoms with Gasteiger partial charge in [-0.1, -0.05) is 23.2 Å². The van der Waals surface area contributed by atoms with Crippen LogP contribution in [0.5, 0.6) is 0 Å². The standard InChI is InChI=1S/C12H15Cl2N3O2/c1-6-3-9(13)16-11(14)10(6)17-12(18)7-4-19-5-8(7)15-2/h3,7-8,15H,4-5H2,1-2H3,(H,17,18). The molecule has 1 fully saturated rings. The number of rotatable bonds is 3. The highest BCUT2D eigenvalue weighted by molar-refractivity contribution is 6.34. The van der Waals surface area contributed by atoms with E-state index in [0.717, 1.165) is 5.56 Å². The van der Waals surface area contributed by atoms with Crippen LogP contribution in [0.1, 0.15) is 5.56 Å². The summed E-state index contributed by atoms with van der Waals surface area (Å²) in [6.45, 7) is 2.74. The molecular weight excluding hydrogens is 289 g/mol. The number of carbonyl (C=O) groups is 1. The lowest BCUT2D eigenvalue weighted by molar-refractivity contribution is -0.120. The first-order valence-electron chi connectivity index (χ1n) is 5.91. The van der Waals surface area contributed by atoms with Gasteiger partial charge in [0.25, 0.3) is 0 Å². The molecule has 1 aromatic heterocycles. The summed E-state index contributed by atoms with van der Waals surface area (Å²) in [5.74, 6) is -0.373. The number of hydrogen-bond acceptors (Lipinski definition) is 4. The number of anilines is 1. The highest BCUT2D eigenvalue weighted by Crippen LogP contribution is 2.27. The van der Waals surface area contributed by atoms with E-state index >= 15 is 0 Å². The molecule has 0 aromatic carbocycles. The number of ether oxygens (including phenoxy) is 1. The Kier molecular flexibility index (Phi) is 4.62. The summed E-state index contributed by atoms with van der Waals surface area (Å²) in [5.41, 5.74) is 1.27. The van der Waals surface area contributed by atoms with Gasteiger partial charge in [0.2, 0.25) is 5.91 Å². The molecule has 2 heterocycles.